The molecule has 2 aliphatic rings. The zero-order valence-corrected chi connectivity index (χ0v) is 23.8. The summed E-state index contributed by atoms with van der Waals surface area (Å²) in [5.74, 6) is 6.33. The standard InChI is InChI=1S/C33H32INO3/c1-2-5-29(22-32(36)38-34)27-12-14-30(15-13-27)37-24-26-10-8-25(9-11-26)23-35-20-18-33(19-21-35)17-16-28-6-3-4-7-31(28)33/h3-4,6-17,29H,18-24H2,1H3/t29-/m0/s1. The normalized spacial score (nSPS) is 16.4. The largest absolute Gasteiger partial charge is 0.489 e. The topological polar surface area (TPSA) is 38.8 Å². The second-order valence-electron chi connectivity index (χ2n) is 10.1. The van der Waals surface area contributed by atoms with Crippen molar-refractivity contribution in [2.45, 2.75) is 50.7 Å². The number of ether oxygens (including phenoxy) is 1. The molecule has 0 unspecified atom stereocenters. The molecule has 0 bridgehead atoms. The molecule has 1 heterocycles. The second kappa shape index (κ2) is 12.2. The Morgan fingerprint density at radius 3 is 2.42 bits per heavy atom. The van der Waals surface area contributed by atoms with Gasteiger partial charge in [0, 0.05) is 12.0 Å². The minimum atomic E-state index is -0.275. The summed E-state index contributed by atoms with van der Waals surface area (Å²) in [6.45, 7) is 5.50. The first-order valence-electron chi connectivity index (χ1n) is 13.1. The molecule has 1 fully saturated rings. The fourth-order valence-corrected chi connectivity index (χ4v) is 5.75. The molecule has 1 atom stereocenters. The minimum absolute atomic E-state index is 0.181. The second-order valence-corrected chi connectivity index (χ2v) is 10.6. The maximum absolute atomic E-state index is 11.7. The van der Waals surface area contributed by atoms with Gasteiger partial charge in [-0.25, -0.2) is 0 Å². The molecule has 1 spiro atoms. The summed E-state index contributed by atoms with van der Waals surface area (Å²) in [7, 11) is 0. The van der Waals surface area contributed by atoms with Crippen molar-refractivity contribution in [2.24, 2.45) is 0 Å². The van der Waals surface area contributed by atoms with Crippen molar-refractivity contribution in [3.63, 3.8) is 0 Å². The van der Waals surface area contributed by atoms with Crippen LogP contribution in [0.3, 0.4) is 0 Å². The maximum Gasteiger partial charge on any atom is 0.316 e. The SMILES string of the molecule is CC#C[C@@H](CC(=O)OI)c1ccc(OCc2ccc(CN3CCC4(C=Cc5ccccc54)CC3)cc2)cc1. The van der Waals surface area contributed by atoms with Gasteiger partial charge in [-0.2, -0.15) is 0 Å². The number of allylic oxidation sites excluding steroid dienone is 1. The Kier molecular flexibility index (Phi) is 8.51. The van der Waals surface area contributed by atoms with Crippen molar-refractivity contribution >= 4 is 35.1 Å². The van der Waals surface area contributed by atoms with Gasteiger partial charge in [-0.05, 0) is 72.8 Å². The van der Waals surface area contributed by atoms with Gasteiger partial charge in [0.05, 0.1) is 12.3 Å². The fourth-order valence-electron chi connectivity index (χ4n) is 5.57. The average molecular weight is 618 g/mol. The predicted octanol–water partition coefficient (Wildman–Crippen LogP) is 7.22. The molecule has 3 aromatic rings. The van der Waals surface area contributed by atoms with Crippen LogP contribution in [-0.4, -0.2) is 24.0 Å². The van der Waals surface area contributed by atoms with E-state index in [0.29, 0.717) is 6.61 Å². The van der Waals surface area contributed by atoms with E-state index in [9.17, 15) is 4.79 Å². The molecule has 1 saturated heterocycles. The first-order chi connectivity index (χ1) is 18.6. The van der Waals surface area contributed by atoms with Crippen LogP contribution in [0.1, 0.15) is 59.9 Å². The lowest BCUT2D eigenvalue weighted by molar-refractivity contribution is -0.131. The summed E-state index contributed by atoms with van der Waals surface area (Å²) in [5, 5.41) is 0. The molecule has 0 amide bonds. The summed E-state index contributed by atoms with van der Waals surface area (Å²) in [6.07, 6.45) is 7.35. The summed E-state index contributed by atoms with van der Waals surface area (Å²) >= 11 is 1.62. The number of nitrogens with zero attached hydrogens (tertiary/aromatic N) is 1. The first kappa shape index (κ1) is 26.5. The third kappa shape index (κ3) is 6.14. The molecule has 0 saturated carbocycles. The molecule has 0 aromatic heterocycles. The van der Waals surface area contributed by atoms with Crippen LogP contribution in [0, 0.1) is 11.8 Å². The zero-order chi connectivity index (χ0) is 26.4. The Labute approximate surface area is 239 Å². The zero-order valence-electron chi connectivity index (χ0n) is 21.7. The summed E-state index contributed by atoms with van der Waals surface area (Å²) in [6, 6.07) is 25.4. The molecule has 4 nitrogen and oxygen atoms in total. The van der Waals surface area contributed by atoms with Crippen LogP contribution in [-0.2, 0) is 26.4 Å². The van der Waals surface area contributed by atoms with Gasteiger partial charge in [-0.15, -0.1) is 5.92 Å². The van der Waals surface area contributed by atoms with Crippen LogP contribution >= 0.6 is 23.0 Å². The molecule has 38 heavy (non-hydrogen) atoms. The number of hydrogen-bond donors (Lipinski definition) is 0. The van der Waals surface area contributed by atoms with Crippen LogP contribution in [0.25, 0.3) is 6.08 Å². The number of rotatable bonds is 8. The van der Waals surface area contributed by atoms with Crippen LogP contribution in [0.2, 0.25) is 0 Å². The van der Waals surface area contributed by atoms with Gasteiger partial charge in [0.2, 0.25) is 0 Å². The van der Waals surface area contributed by atoms with Crippen LogP contribution in [0.15, 0.2) is 78.9 Å². The minimum Gasteiger partial charge on any atom is -0.489 e. The number of hydrogen-bond acceptors (Lipinski definition) is 4. The molecular formula is C33H32INO3. The number of carbonyl (C=O) groups excluding carboxylic acids is 1. The summed E-state index contributed by atoms with van der Waals surface area (Å²) in [5.41, 5.74) is 6.59. The van der Waals surface area contributed by atoms with Gasteiger partial charge >= 0.3 is 5.97 Å². The van der Waals surface area contributed by atoms with Gasteiger partial charge < -0.3 is 7.80 Å². The van der Waals surface area contributed by atoms with Crippen molar-refractivity contribution < 1.29 is 12.6 Å². The van der Waals surface area contributed by atoms with E-state index in [1.54, 1.807) is 29.9 Å². The van der Waals surface area contributed by atoms with Crippen LogP contribution < -0.4 is 4.74 Å². The Hall–Kier alpha value is -3.08. The Morgan fingerprint density at radius 1 is 1.00 bits per heavy atom. The Morgan fingerprint density at radius 2 is 1.71 bits per heavy atom. The van der Waals surface area contributed by atoms with Crippen molar-refractivity contribution in [1.82, 2.24) is 4.90 Å². The molecular weight excluding hydrogens is 585 g/mol. The number of halogens is 1. The van der Waals surface area contributed by atoms with Gasteiger partial charge in [-0.1, -0.05) is 78.7 Å². The Balaban J connectivity index is 1.11. The monoisotopic (exact) mass is 617 g/mol. The molecule has 3 aromatic carbocycles. The third-order valence-electron chi connectivity index (χ3n) is 7.72. The molecule has 0 radical (unpaired) electrons. The lowest BCUT2D eigenvalue weighted by Gasteiger charge is -2.39. The lowest BCUT2D eigenvalue weighted by Crippen LogP contribution is -2.40. The molecule has 1 aliphatic carbocycles. The van der Waals surface area contributed by atoms with E-state index < -0.39 is 0 Å². The number of likely N-dealkylation sites (tertiary alicyclic amines) is 1. The predicted molar refractivity (Wildman–Crippen MR) is 160 cm³/mol. The molecule has 5 rings (SSSR count). The maximum atomic E-state index is 11.7. The van der Waals surface area contributed by atoms with Gasteiger partial charge in [0.25, 0.3) is 0 Å². The summed E-state index contributed by atoms with van der Waals surface area (Å²) < 4.78 is 10.8. The highest BCUT2D eigenvalue weighted by Gasteiger charge is 2.37. The van der Waals surface area contributed by atoms with Crippen molar-refractivity contribution in [1.29, 1.82) is 0 Å². The third-order valence-corrected chi connectivity index (χ3v) is 8.21. The van der Waals surface area contributed by atoms with E-state index in [4.69, 9.17) is 7.80 Å². The van der Waals surface area contributed by atoms with Crippen LogP contribution in [0.5, 0.6) is 5.75 Å². The Bertz CT molecular complexity index is 1340. The number of carbonyl (C=O) groups is 1. The van der Waals surface area contributed by atoms with E-state index in [1.807, 2.05) is 24.3 Å². The quantitative estimate of drug-likeness (QED) is 0.198. The number of piperidine rings is 1. The highest BCUT2D eigenvalue weighted by molar-refractivity contribution is 14.1. The van der Waals surface area contributed by atoms with Crippen molar-refractivity contribution in [3.05, 3.63) is 107 Å². The van der Waals surface area contributed by atoms with E-state index in [2.05, 4.69) is 77.4 Å². The molecule has 1 aliphatic heterocycles. The van der Waals surface area contributed by atoms with E-state index >= 15 is 0 Å². The van der Waals surface area contributed by atoms with Crippen LogP contribution in [0.4, 0.5) is 0 Å². The van der Waals surface area contributed by atoms with Gasteiger partial charge in [0.15, 0.2) is 23.0 Å². The highest BCUT2D eigenvalue weighted by atomic mass is 127. The van der Waals surface area contributed by atoms with Crippen molar-refractivity contribution in [2.75, 3.05) is 13.1 Å². The molecule has 5 heteroatoms. The fraction of sp³-hybridized carbons (Fsp3) is 0.303. The van der Waals surface area contributed by atoms with Gasteiger partial charge in [-0.3, -0.25) is 9.69 Å². The average Bonchev–Trinajstić information content (AvgIpc) is 3.32. The smallest absolute Gasteiger partial charge is 0.316 e. The lowest BCUT2D eigenvalue weighted by atomic mass is 9.74. The number of benzene rings is 3. The molecule has 0 N–H and O–H groups in total. The summed E-state index contributed by atoms with van der Waals surface area (Å²) in [4.78, 5) is 14.3. The first-order valence-corrected chi connectivity index (χ1v) is 14.0. The van der Waals surface area contributed by atoms with E-state index in [-0.39, 0.29) is 23.7 Å². The highest BCUT2D eigenvalue weighted by Crippen LogP contribution is 2.43. The number of fused-ring (bicyclic) bond motifs is 2. The van der Waals surface area contributed by atoms with E-state index in [1.165, 1.54) is 29.5 Å². The van der Waals surface area contributed by atoms with E-state index in [0.717, 1.165) is 36.5 Å². The molecule has 194 valence electrons. The van der Waals surface area contributed by atoms with Crippen molar-refractivity contribution in [3.8, 4) is 17.6 Å². The van der Waals surface area contributed by atoms with Gasteiger partial charge in [0.1, 0.15) is 12.4 Å².